The van der Waals surface area contributed by atoms with Gasteiger partial charge in [0.25, 0.3) is 15.9 Å². The average molecular weight is 392 g/mol. The summed E-state index contributed by atoms with van der Waals surface area (Å²) in [7, 11) is -3.60. The number of carbonyl (C=O) groups excluding carboxylic acids is 1. The smallest absolute Gasteiger partial charge is 0.264 e. The molecule has 0 spiro atoms. The fraction of sp³-hybridized carbons (Fsp3) is 0.136. The van der Waals surface area contributed by atoms with Crippen molar-refractivity contribution in [2.45, 2.75) is 18.2 Å². The van der Waals surface area contributed by atoms with E-state index in [0.717, 1.165) is 11.1 Å². The highest BCUT2D eigenvalue weighted by Crippen LogP contribution is 2.34. The van der Waals surface area contributed by atoms with Gasteiger partial charge >= 0.3 is 0 Å². The fourth-order valence-electron chi connectivity index (χ4n) is 3.33. The lowest BCUT2D eigenvalue weighted by Gasteiger charge is -2.20. The molecule has 0 bridgehead atoms. The van der Waals surface area contributed by atoms with Gasteiger partial charge < -0.3 is 5.32 Å². The highest BCUT2D eigenvalue weighted by molar-refractivity contribution is 7.92. The van der Waals surface area contributed by atoms with E-state index in [0.29, 0.717) is 29.9 Å². The predicted octanol–water partition coefficient (Wildman–Crippen LogP) is 4.00. The highest BCUT2D eigenvalue weighted by atomic mass is 32.2. The van der Waals surface area contributed by atoms with Crippen molar-refractivity contribution in [2.24, 2.45) is 0 Å². The number of nitrogens with zero attached hydrogens (tertiary/aromatic N) is 1. The molecule has 0 unspecified atom stereocenters. The summed E-state index contributed by atoms with van der Waals surface area (Å²) >= 11 is 0. The zero-order chi connectivity index (χ0) is 19.7. The van der Waals surface area contributed by atoms with Gasteiger partial charge in [-0.2, -0.15) is 0 Å². The number of hydrogen-bond donors (Lipinski definition) is 1. The Morgan fingerprint density at radius 3 is 2.39 bits per heavy atom. The molecule has 1 aliphatic rings. The summed E-state index contributed by atoms with van der Waals surface area (Å²) in [5.74, 6) is -0.192. The molecular formula is C22H20N2O3S. The van der Waals surface area contributed by atoms with Crippen molar-refractivity contribution in [1.82, 2.24) is 0 Å². The first-order valence-corrected chi connectivity index (χ1v) is 10.5. The number of nitrogens with one attached hydrogen (secondary N) is 1. The maximum absolute atomic E-state index is 13.0. The largest absolute Gasteiger partial charge is 0.322 e. The minimum atomic E-state index is -3.60. The van der Waals surface area contributed by atoms with Crippen LogP contribution in [0.3, 0.4) is 0 Å². The van der Waals surface area contributed by atoms with Gasteiger partial charge in [-0.1, -0.05) is 35.9 Å². The highest BCUT2D eigenvalue weighted by Gasteiger charge is 2.31. The molecule has 142 valence electrons. The van der Waals surface area contributed by atoms with Crippen molar-refractivity contribution < 1.29 is 13.2 Å². The third kappa shape index (κ3) is 3.39. The Morgan fingerprint density at radius 1 is 0.964 bits per heavy atom. The zero-order valence-corrected chi connectivity index (χ0v) is 16.2. The molecule has 1 aliphatic heterocycles. The second-order valence-electron chi connectivity index (χ2n) is 6.80. The van der Waals surface area contributed by atoms with Gasteiger partial charge in [0.1, 0.15) is 0 Å². The molecule has 4 rings (SSSR count). The van der Waals surface area contributed by atoms with Gasteiger partial charge in [0.05, 0.1) is 10.6 Å². The zero-order valence-electron chi connectivity index (χ0n) is 15.4. The fourth-order valence-corrected chi connectivity index (χ4v) is 4.83. The van der Waals surface area contributed by atoms with Crippen molar-refractivity contribution in [1.29, 1.82) is 0 Å². The number of fused-ring (bicyclic) bond motifs is 1. The van der Waals surface area contributed by atoms with E-state index in [-0.39, 0.29) is 10.8 Å². The molecule has 1 N–H and O–H groups in total. The van der Waals surface area contributed by atoms with Crippen LogP contribution in [-0.2, 0) is 16.4 Å². The molecule has 6 heteroatoms. The van der Waals surface area contributed by atoms with E-state index < -0.39 is 10.0 Å². The molecule has 1 heterocycles. The van der Waals surface area contributed by atoms with Crippen LogP contribution >= 0.6 is 0 Å². The number of hydrogen-bond acceptors (Lipinski definition) is 3. The summed E-state index contributed by atoms with van der Waals surface area (Å²) in [5.41, 5.74) is 3.81. The Morgan fingerprint density at radius 2 is 1.68 bits per heavy atom. The van der Waals surface area contributed by atoms with Crippen molar-refractivity contribution in [3.8, 4) is 0 Å². The normalized spacial score (nSPS) is 13.2. The monoisotopic (exact) mass is 392 g/mol. The second kappa shape index (κ2) is 7.13. The summed E-state index contributed by atoms with van der Waals surface area (Å²) in [6.45, 7) is 2.31. The number of anilines is 2. The Labute approximate surface area is 164 Å². The number of rotatable bonds is 4. The summed E-state index contributed by atoms with van der Waals surface area (Å²) in [6, 6.07) is 21.2. The van der Waals surface area contributed by atoms with Crippen molar-refractivity contribution in [3.63, 3.8) is 0 Å². The molecule has 0 aromatic heterocycles. The van der Waals surface area contributed by atoms with Gasteiger partial charge in [0, 0.05) is 17.8 Å². The molecule has 3 aromatic carbocycles. The predicted molar refractivity (Wildman–Crippen MR) is 110 cm³/mol. The molecule has 0 aliphatic carbocycles. The first-order chi connectivity index (χ1) is 13.4. The lowest BCUT2D eigenvalue weighted by Crippen LogP contribution is -2.29. The van der Waals surface area contributed by atoms with Crippen molar-refractivity contribution in [2.75, 3.05) is 16.2 Å². The summed E-state index contributed by atoms with van der Waals surface area (Å²) in [5, 5.41) is 2.87. The lowest BCUT2D eigenvalue weighted by atomic mass is 10.1. The molecule has 0 fully saturated rings. The van der Waals surface area contributed by atoms with Crippen molar-refractivity contribution >= 4 is 27.3 Å². The SMILES string of the molecule is Cc1ccc(S(=O)(=O)N2CCc3cc(NC(=O)c4ccccc4)ccc32)cc1. The Bertz CT molecular complexity index is 1120. The van der Waals surface area contributed by atoms with E-state index in [1.807, 2.05) is 31.2 Å². The van der Waals surface area contributed by atoms with Gasteiger partial charge in [-0.3, -0.25) is 9.10 Å². The molecule has 0 saturated carbocycles. The van der Waals surface area contributed by atoms with Gasteiger partial charge in [-0.25, -0.2) is 8.42 Å². The van der Waals surface area contributed by atoms with E-state index in [1.54, 1.807) is 48.5 Å². The standard InChI is InChI=1S/C22H20N2O3S/c1-16-7-10-20(11-8-16)28(26,27)24-14-13-18-15-19(9-12-21(18)24)23-22(25)17-5-3-2-4-6-17/h2-12,15H,13-14H2,1H3,(H,23,25). The average Bonchev–Trinajstić information content (AvgIpc) is 3.13. The maximum atomic E-state index is 13.0. The number of carbonyl (C=O) groups is 1. The van der Waals surface area contributed by atoms with Crippen LogP contribution in [0.4, 0.5) is 11.4 Å². The van der Waals surface area contributed by atoms with E-state index in [9.17, 15) is 13.2 Å². The first kappa shape index (κ1) is 18.3. The molecule has 5 nitrogen and oxygen atoms in total. The Kier molecular flexibility index (Phi) is 4.65. The minimum absolute atomic E-state index is 0.192. The molecule has 28 heavy (non-hydrogen) atoms. The molecular weight excluding hydrogens is 372 g/mol. The topological polar surface area (TPSA) is 66.5 Å². The molecule has 0 saturated heterocycles. The molecule has 1 amide bonds. The van der Waals surface area contributed by atoms with Crippen LogP contribution in [0.5, 0.6) is 0 Å². The van der Waals surface area contributed by atoms with E-state index in [2.05, 4.69) is 5.32 Å². The van der Waals surface area contributed by atoms with Crippen molar-refractivity contribution in [3.05, 3.63) is 89.5 Å². The van der Waals surface area contributed by atoms with Gasteiger partial charge in [-0.05, 0) is 61.4 Å². The van der Waals surface area contributed by atoms with Crippen LogP contribution < -0.4 is 9.62 Å². The molecule has 0 radical (unpaired) electrons. The Balaban J connectivity index is 1.58. The van der Waals surface area contributed by atoms with Gasteiger partial charge in [0.2, 0.25) is 0 Å². The van der Waals surface area contributed by atoms with Crippen LogP contribution in [0, 0.1) is 6.92 Å². The summed E-state index contributed by atoms with van der Waals surface area (Å²) in [6.07, 6.45) is 0.607. The maximum Gasteiger partial charge on any atom is 0.264 e. The van der Waals surface area contributed by atoms with Crippen LogP contribution in [0.2, 0.25) is 0 Å². The van der Waals surface area contributed by atoms with E-state index >= 15 is 0 Å². The summed E-state index contributed by atoms with van der Waals surface area (Å²) < 4.78 is 27.5. The van der Waals surface area contributed by atoms with Crippen LogP contribution in [-0.4, -0.2) is 20.9 Å². The second-order valence-corrected chi connectivity index (χ2v) is 8.67. The van der Waals surface area contributed by atoms with Gasteiger partial charge in [0.15, 0.2) is 0 Å². The Hall–Kier alpha value is -3.12. The number of benzene rings is 3. The molecule has 3 aromatic rings. The lowest BCUT2D eigenvalue weighted by molar-refractivity contribution is 0.102. The third-order valence-corrected chi connectivity index (χ3v) is 6.66. The number of aryl methyl sites for hydroxylation is 1. The minimum Gasteiger partial charge on any atom is -0.322 e. The first-order valence-electron chi connectivity index (χ1n) is 9.04. The summed E-state index contributed by atoms with van der Waals surface area (Å²) in [4.78, 5) is 12.6. The van der Waals surface area contributed by atoms with Crippen LogP contribution in [0.15, 0.2) is 77.7 Å². The molecule has 0 atom stereocenters. The van der Waals surface area contributed by atoms with E-state index in [4.69, 9.17) is 0 Å². The van der Waals surface area contributed by atoms with E-state index in [1.165, 1.54) is 4.31 Å². The number of sulfonamides is 1. The third-order valence-electron chi connectivity index (χ3n) is 4.84. The van der Waals surface area contributed by atoms with Gasteiger partial charge in [-0.15, -0.1) is 0 Å². The van der Waals surface area contributed by atoms with Crippen LogP contribution in [0.1, 0.15) is 21.5 Å². The van der Waals surface area contributed by atoms with Crippen LogP contribution in [0.25, 0.3) is 0 Å². The number of amides is 1. The quantitative estimate of drug-likeness (QED) is 0.730.